The van der Waals surface area contributed by atoms with Gasteiger partial charge in [0.15, 0.2) is 0 Å². The fourth-order valence-corrected chi connectivity index (χ4v) is 2.99. The quantitative estimate of drug-likeness (QED) is 0.502. The topological polar surface area (TPSA) is 69.2 Å². The van der Waals surface area contributed by atoms with Crippen molar-refractivity contribution in [1.29, 1.82) is 0 Å². The van der Waals surface area contributed by atoms with Crippen LogP contribution < -0.4 is 20.0 Å². The van der Waals surface area contributed by atoms with Crippen molar-refractivity contribution in [2.24, 2.45) is 0 Å². The van der Waals surface area contributed by atoms with E-state index >= 15 is 0 Å². The molecule has 13 heavy (non-hydrogen) atoms. The molecule has 1 rings (SSSR count). The van der Waals surface area contributed by atoms with Crippen LogP contribution in [0.1, 0.15) is 0 Å². The molecule has 0 bridgehead atoms. The molecule has 0 saturated carbocycles. The van der Waals surface area contributed by atoms with Crippen LogP contribution in [-0.4, -0.2) is 23.1 Å². The van der Waals surface area contributed by atoms with Crippen molar-refractivity contribution in [1.82, 2.24) is 0 Å². The van der Waals surface area contributed by atoms with E-state index in [1.807, 2.05) is 0 Å². The second kappa shape index (κ2) is 5.37. The van der Waals surface area contributed by atoms with Gasteiger partial charge in [-0.3, -0.25) is 0 Å². The van der Waals surface area contributed by atoms with E-state index in [4.69, 9.17) is 0 Å². The van der Waals surface area contributed by atoms with Gasteiger partial charge < -0.3 is 14.7 Å². The first-order chi connectivity index (χ1) is 5.41. The van der Waals surface area contributed by atoms with Crippen LogP contribution in [-0.2, 0) is 0 Å². The Labute approximate surface area is 109 Å². The molecule has 0 radical (unpaired) electrons. The third-order valence-electron chi connectivity index (χ3n) is 1.20. The van der Waals surface area contributed by atoms with Gasteiger partial charge in [-0.2, -0.15) is 0 Å². The van der Waals surface area contributed by atoms with E-state index in [0.29, 0.717) is 4.47 Å². The van der Waals surface area contributed by atoms with E-state index in [2.05, 4.69) is 31.9 Å². The Morgan fingerprint density at radius 1 is 1.08 bits per heavy atom. The predicted molar refractivity (Wildman–Crippen MR) is 54.2 cm³/mol. The third-order valence-corrected chi connectivity index (χ3v) is 3.64. The summed E-state index contributed by atoms with van der Waals surface area (Å²) >= 11 is 6.12. The smallest absolute Gasteiger partial charge is 0.683 e. The number of benzene rings is 1. The van der Waals surface area contributed by atoms with Crippen LogP contribution in [0.2, 0.25) is 0 Å². The summed E-state index contributed by atoms with van der Waals surface area (Å²) in [4.78, 5) is 31.8. The molecule has 3 nitrogen and oxygen atoms in total. The van der Waals surface area contributed by atoms with Gasteiger partial charge in [-0.25, -0.2) is 0 Å². The zero-order valence-electron chi connectivity index (χ0n) is 6.37. The monoisotopic (exact) mass is 336 g/mol. The van der Waals surface area contributed by atoms with Crippen LogP contribution in [0.4, 0.5) is 0 Å². The first-order valence-electron chi connectivity index (χ1n) is 2.89. The molecule has 0 fully saturated rings. The molecule has 0 heterocycles. The van der Waals surface area contributed by atoms with Crippen LogP contribution in [0.5, 0.6) is 0 Å². The van der Waals surface area contributed by atoms with Crippen molar-refractivity contribution in [2.75, 3.05) is 0 Å². The van der Waals surface area contributed by atoms with Crippen LogP contribution in [0.25, 0.3) is 0 Å². The fourth-order valence-electron chi connectivity index (χ4n) is 0.703. The predicted octanol–water partition coefficient (Wildman–Crippen LogP) is -0.700. The van der Waals surface area contributed by atoms with E-state index in [0.717, 1.165) is 0 Å². The normalized spacial score (nSPS) is 10.8. The maximum Gasteiger partial charge on any atom is 2.00 e. The van der Waals surface area contributed by atoms with Gasteiger partial charge >= 0.3 is 23.1 Å². The average molecular weight is 338 g/mol. The molecule has 0 saturated heterocycles. The average Bonchev–Trinajstić information content (AvgIpc) is 1.83. The summed E-state index contributed by atoms with van der Waals surface area (Å²) in [6, 6.07) is 4.27. The Balaban J connectivity index is 0.00000144. The molecule has 1 aromatic carbocycles. The minimum Gasteiger partial charge on any atom is -0.683 e. The van der Waals surface area contributed by atoms with Gasteiger partial charge in [0.25, 0.3) is 0 Å². The number of hydrogen-bond donors (Lipinski definition) is 0. The van der Waals surface area contributed by atoms with Gasteiger partial charge in [0.05, 0.1) is 9.78 Å². The van der Waals surface area contributed by atoms with Crippen molar-refractivity contribution in [2.45, 2.75) is 0 Å². The van der Waals surface area contributed by atoms with Gasteiger partial charge in [-0.15, -0.1) is 7.94 Å². The van der Waals surface area contributed by atoms with Crippen molar-refractivity contribution in [3.05, 3.63) is 27.1 Å². The number of hydrogen-bond acceptors (Lipinski definition) is 3. The van der Waals surface area contributed by atoms with Crippen LogP contribution in [0, 0.1) is 0 Å². The summed E-state index contributed by atoms with van der Waals surface area (Å²) in [6.45, 7) is 0. The van der Waals surface area contributed by atoms with Crippen molar-refractivity contribution in [3.8, 4) is 0 Å². The van der Waals surface area contributed by atoms with Gasteiger partial charge in [0.2, 0.25) is 0 Å². The SMILES string of the molecule is [Mg+2].[O-][P+]([O-])([O-])c1ccc(Br)cc1Br. The standard InChI is InChI=1S/C6H5Br2O3P.Mg/c7-4-1-2-6(5(8)3-4)12(9,10)11;/h1-3H,(H2,9,10,11);/q;+2/p-2. The molecule has 0 aliphatic carbocycles. The largest absolute Gasteiger partial charge is 2.00 e. The molecule has 0 atom stereocenters. The molecule has 0 N–H and O–H groups in total. The van der Waals surface area contributed by atoms with Crippen molar-refractivity contribution < 1.29 is 14.7 Å². The first-order valence-corrected chi connectivity index (χ1v) is 6.02. The summed E-state index contributed by atoms with van der Waals surface area (Å²) in [6.07, 6.45) is 0. The van der Waals surface area contributed by atoms with E-state index in [1.165, 1.54) is 18.2 Å². The summed E-state index contributed by atoms with van der Waals surface area (Å²) in [5.41, 5.74) is 0. The molecule has 0 unspecified atom stereocenters. The van der Waals surface area contributed by atoms with Crippen LogP contribution in [0.15, 0.2) is 27.1 Å². The summed E-state index contributed by atoms with van der Waals surface area (Å²) in [5.74, 6) is 0. The zero-order valence-corrected chi connectivity index (χ0v) is 11.8. The zero-order chi connectivity index (χ0) is 9.35. The van der Waals surface area contributed by atoms with Gasteiger partial charge in [-0.05, 0) is 34.1 Å². The Bertz CT molecular complexity index is 302. The maximum absolute atomic E-state index is 10.6. The molecular weight excluding hydrogens is 335 g/mol. The Morgan fingerprint density at radius 2 is 1.62 bits per heavy atom. The molecular formula is C6H3Br2MgO3P. The number of rotatable bonds is 1. The minimum absolute atomic E-state index is 0. The molecule has 7 heteroatoms. The minimum atomic E-state index is -4.64. The molecule has 66 valence electrons. The number of halogens is 2. The van der Waals surface area contributed by atoms with Crippen LogP contribution in [0.3, 0.4) is 0 Å². The molecule has 0 aliphatic heterocycles. The van der Waals surface area contributed by atoms with Crippen molar-refractivity contribution >= 4 is 68.2 Å². The molecule has 0 amide bonds. The van der Waals surface area contributed by atoms with E-state index in [9.17, 15) is 14.7 Å². The second-order valence-corrected chi connectivity index (χ2v) is 5.34. The molecule has 0 spiro atoms. The van der Waals surface area contributed by atoms with Crippen molar-refractivity contribution in [3.63, 3.8) is 0 Å². The summed E-state index contributed by atoms with van der Waals surface area (Å²) < 4.78 is 0.997. The molecule has 0 aromatic heterocycles. The Morgan fingerprint density at radius 3 is 2.00 bits per heavy atom. The Hall–Kier alpha value is 1.26. The Kier molecular flexibility index (Phi) is 5.89. The van der Waals surface area contributed by atoms with Gasteiger partial charge in [-0.1, -0.05) is 15.9 Å². The molecule has 0 aliphatic rings. The van der Waals surface area contributed by atoms with Gasteiger partial charge in [0.1, 0.15) is 0 Å². The summed E-state index contributed by atoms with van der Waals surface area (Å²) in [5, 5.41) is -0.217. The summed E-state index contributed by atoms with van der Waals surface area (Å²) in [7, 11) is -4.64. The van der Waals surface area contributed by atoms with Crippen LogP contribution >= 0.6 is 39.8 Å². The second-order valence-electron chi connectivity index (χ2n) is 2.09. The van der Waals surface area contributed by atoms with Gasteiger partial charge in [0, 0.05) is 4.47 Å². The van der Waals surface area contributed by atoms with E-state index in [-0.39, 0.29) is 32.8 Å². The van der Waals surface area contributed by atoms with E-state index in [1.54, 1.807) is 0 Å². The fraction of sp³-hybridized carbons (Fsp3) is 0. The third kappa shape index (κ3) is 4.09. The molecule has 1 aromatic rings. The van der Waals surface area contributed by atoms with E-state index < -0.39 is 7.94 Å². The first kappa shape index (κ1) is 14.3. The maximum atomic E-state index is 10.6.